The topological polar surface area (TPSA) is 17.1 Å². The summed E-state index contributed by atoms with van der Waals surface area (Å²) < 4.78 is 0. The summed E-state index contributed by atoms with van der Waals surface area (Å²) in [6, 6.07) is 5.46. The average molecular weight is 229 g/mol. The summed E-state index contributed by atoms with van der Waals surface area (Å²) >= 11 is 11.8. The van der Waals surface area contributed by atoms with Gasteiger partial charge in [-0.05, 0) is 37.0 Å². The molecule has 14 heavy (non-hydrogen) atoms. The van der Waals surface area contributed by atoms with Gasteiger partial charge in [0.05, 0.1) is 0 Å². The van der Waals surface area contributed by atoms with Crippen LogP contribution in [0.2, 0.25) is 10.0 Å². The van der Waals surface area contributed by atoms with Crippen LogP contribution in [0.4, 0.5) is 0 Å². The van der Waals surface area contributed by atoms with Crippen molar-refractivity contribution in [3.63, 3.8) is 0 Å². The van der Waals surface area contributed by atoms with Crippen LogP contribution < -0.4 is 0 Å². The molecule has 1 fully saturated rings. The molecule has 0 aliphatic heterocycles. The maximum Gasteiger partial charge on any atom is 0.133 e. The third-order valence-electron chi connectivity index (χ3n) is 2.67. The van der Waals surface area contributed by atoms with Crippen LogP contribution in [-0.4, -0.2) is 5.78 Å². The van der Waals surface area contributed by atoms with Crippen LogP contribution in [-0.2, 0) is 4.79 Å². The van der Waals surface area contributed by atoms with Crippen molar-refractivity contribution in [1.82, 2.24) is 0 Å². The summed E-state index contributed by atoms with van der Waals surface area (Å²) in [5.74, 6) is 0.743. The second-order valence-electron chi connectivity index (χ2n) is 3.73. The first-order valence-corrected chi connectivity index (χ1v) is 5.30. The Morgan fingerprint density at radius 1 is 1.43 bits per heavy atom. The summed E-state index contributed by atoms with van der Waals surface area (Å²) in [4.78, 5) is 11.1. The van der Waals surface area contributed by atoms with Crippen molar-refractivity contribution in [3.8, 4) is 0 Å². The molecule has 1 aromatic rings. The minimum atomic E-state index is 0.175. The van der Waals surface area contributed by atoms with Crippen LogP contribution in [0.5, 0.6) is 0 Å². The van der Waals surface area contributed by atoms with Gasteiger partial charge in [0, 0.05) is 16.0 Å². The maximum atomic E-state index is 11.1. The molecule has 2 rings (SSSR count). The van der Waals surface area contributed by atoms with Gasteiger partial charge in [0.2, 0.25) is 0 Å². The van der Waals surface area contributed by atoms with Crippen molar-refractivity contribution in [2.24, 2.45) is 5.92 Å². The minimum Gasteiger partial charge on any atom is -0.300 e. The van der Waals surface area contributed by atoms with E-state index in [4.69, 9.17) is 23.2 Å². The number of ketones is 1. The first-order valence-electron chi connectivity index (χ1n) is 4.55. The largest absolute Gasteiger partial charge is 0.300 e. The van der Waals surface area contributed by atoms with Gasteiger partial charge in [-0.25, -0.2) is 0 Å². The number of carbonyl (C=O) groups excluding carboxylic acids is 1. The molecule has 0 amide bonds. The molecule has 0 bridgehead atoms. The molecular weight excluding hydrogens is 219 g/mol. The van der Waals surface area contributed by atoms with Crippen molar-refractivity contribution in [2.45, 2.75) is 19.3 Å². The standard InChI is InChI=1S/C11H10Cl2O/c1-6(14)9-5-10(9)8-3-2-7(12)4-11(8)13/h2-4,9-10H,5H2,1H3/t9-,10?/m1/s1. The molecular formula is C11H10Cl2O. The normalized spacial score (nSPS) is 24.8. The van der Waals surface area contributed by atoms with E-state index in [-0.39, 0.29) is 11.7 Å². The third-order valence-corrected chi connectivity index (χ3v) is 3.24. The monoisotopic (exact) mass is 228 g/mol. The predicted molar refractivity (Wildman–Crippen MR) is 58.0 cm³/mol. The average Bonchev–Trinajstić information content (AvgIpc) is 2.83. The second-order valence-corrected chi connectivity index (χ2v) is 4.57. The number of rotatable bonds is 2. The Bertz CT molecular complexity index is 387. The third kappa shape index (κ3) is 1.79. The summed E-state index contributed by atoms with van der Waals surface area (Å²) in [5, 5.41) is 1.31. The highest BCUT2D eigenvalue weighted by molar-refractivity contribution is 6.35. The van der Waals surface area contributed by atoms with Crippen molar-refractivity contribution < 1.29 is 4.79 Å². The van der Waals surface area contributed by atoms with Gasteiger partial charge < -0.3 is 0 Å². The Morgan fingerprint density at radius 3 is 2.64 bits per heavy atom. The zero-order valence-corrected chi connectivity index (χ0v) is 9.27. The van der Waals surface area contributed by atoms with Crippen LogP contribution in [0.1, 0.15) is 24.8 Å². The predicted octanol–water partition coefficient (Wildman–Crippen LogP) is 3.69. The van der Waals surface area contributed by atoms with Crippen LogP contribution >= 0.6 is 23.2 Å². The number of Topliss-reactive ketones (excluding diaryl/α,β-unsaturated/α-hetero) is 1. The van der Waals surface area contributed by atoms with Crippen molar-refractivity contribution in [3.05, 3.63) is 33.8 Å². The van der Waals surface area contributed by atoms with E-state index in [0.29, 0.717) is 16.0 Å². The Hall–Kier alpha value is -0.530. The second kappa shape index (κ2) is 3.56. The van der Waals surface area contributed by atoms with E-state index < -0.39 is 0 Å². The summed E-state index contributed by atoms with van der Waals surface area (Å²) in [5.41, 5.74) is 1.05. The van der Waals surface area contributed by atoms with Gasteiger partial charge in [-0.3, -0.25) is 4.79 Å². The summed E-state index contributed by atoms with van der Waals surface area (Å²) in [6.07, 6.45) is 0.927. The summed E-state index contributed by atoms with van der Waals surface area (Å²) in [7, 11) is 0. The molecule has 74 valence electrons. The van der Waals surface area contributed by atoms with Gasteiger partial charge in [-0.1, -0.05) is 29.3 Å². The highest BCUT2D eigenvalue weighted by Crippen LogP contribution is 2.50. The molecule has 1 aliphatic carbocycles. The molecule has 3 heteroatoms. The Labute approximate surface area is 93.0 Å². The molecule has 0 radical (unpaired) electrons. The van der Waals surface area contributed by atoms with Gasteiger partial charge in [-0.15, -0.1) is 0 Å². The molecule has 0 N–H and O–H groups in total. The van der Waals surface area contributed by atoms with Crippen LogP contribution in [0, 0.1) is 5.92 Å². The fourth-order valence-electron chi connectivity index (χ4n) is 1.79. The van der Waals surface area contributed by atoms with Gasteiger partial charge in [0.15, 0.2) is 0 Å². The fraction of sp³-hybridized carbons (Fsp3) is 0.364. The number of carbonyl (C=O) groups is 1. The smallest absolute Gasteiger partial charge is 0.133 e. The number of benzene rings is 1. The van der Waals surface area contributed by atoms with Gasteiger partial charge in [0.25, 0.3) is 0 Å². The first-order chi connectivity index (χ1) is 6.59. The van der Waals surface area contributed by atoms with Crippen molar-refractivity contribution >= 4 is 29.0 Å². The lowest BCUT2D eigenvalue weighted by molar-refractivity contribution is -0.118. The fourth-order valence-corrected chi connectivity index (χ4v) is 2.34. The van der Waals surface area contributed by atoms with Crippen molar-refractivity contribution in [2.75, 3.05) is 0 Å². The lowest BCUT2D eigenvalue weighted by Gasteiger charge is -2.02. The Morgan fingerprint density at radius 2 is 2.14 bits per heavy atom. The quantitative estimate of drug-likeness (QED) is 0.755. The molecule has 1 aromatic carbocycles. The van der Waals surface area contributed by atoms with Crippen molar-refractivity contribution in [1.29, 1.82) is 0 Å². The Balaban J connectivity index is 2.23. The van der Waals surface area contributed by atoms with E-state index in [1.165, 1.54) is 0 Å². The highest BCUT2D eigenvalue weighted by atomic mass is 35.5. The molecule has 0 aromatic heterocycles. The van der Waals surface area contributed by atoms with E-state index in [0.717, 1.165) is 12.0 Å². The molecule has 1 saturated carbocycles. The van der Waals surface area contributed by atoms with Crippen LogP contribution in [0.3, 0.4) is 0 Å². The van der Waals surface area contributed by atoms with Gasteiger partial charge in [0.1, 0.15) is 5.78 Å². The lowest BCUT2D eigenvalue weighted by atomic mass is 10.1. The van der Waals surface area contributed by atoms with Gasteiger partial charge >= 0.3 is 0 Å². The zero-order chi connectivity index (χ0) is 10.3. The van der Waals surface area contributed by atoms with E-state index in [9.17, 15) is 4.79 Å². The number of hydrogen-bond acceptors (Lipinski definition) is 1. The zero-order valence-electron chi connectivity index (χ0n) is 7.76. The van der Waals surface area contributed by atoms with Crippen LogP contribution in [0.25, 0.3) is 0 Å². The molecule has 1 aliphatic rings. The van der Waals surface area contributed by atoms with E-state index >= 15 is 0 Å². The minimum absolute atomic E-state index is 0.175. The summed E-state index contributed by atoms with van der Waals surface area (Å²) in [6.45, 7) is 1.63. The highest BCUT2D eigenvalue weighted by Gasteiger charge is 2.42. The molecule has 0 spiro atoms. The van der Waals surface area contributed by atoms with E-state index in [2.05, 4.69) is 0 Å². The molecule has 2 atom stereocenters. The molecule has 0 heterocycles. The SMILES string of the molecule is CC(=O)[C@H]1CC1c1ccc(Cl)cc1Cl. The van der Waals surface area contributed by atoms with E-state index in [1.54, 1.807) is 13.0 Å². The molecule has 0 saturated heterocycles. The lowest BCUT2D eigenvalue weighted by Crippen LogP contribution is -1.95. The number of halogens is 2. The first kappa shape index (κ1) is 10.0. The molecule has 1 unspecified atom stereocenters. The number of hydrogen-bond donors (Lipinski definition) is 0. The van der Waals surface area contributed by atoms with Crippen LogP contribution in [0.15, 0.2) is 18.2 Å². The van der Waals surface area contributed by atoms with Gasteiger partial charge in [-0.2, -0.15) is 0 Å². The molecule has 1 nitrogen and oxygen atoms in total. The van der Waals surface area contributed by atoms with E-state index in [1.807, 2.05) is 12.1 Å². The Kier molecular flexibility index (Phi) is 2.54. The maximum absolute atomic E-state index is 11.1.